The van der Waals surface area contributed by atoms with Crippen LogP contribution in [0.15, 0.2) is 60.0 Å². The smallest absolute Gasteiger partial charge is 0.328 e. The van der Waals surface area contributed by atoms with Crippen molar-refractivity contribution in [2.75, 3.05) is 6.54 Å². The van der Waals surface area contributed by atoms with Crippen LogP contribution in [0.2, 0.25) is 5.02 Å². The van der Waals surface area contributed by atoms with E-state index in [0.717, 1.165) is 10.5 Å². The maximum Gasteiger partial charge on any atom is 0.328 e. The number of hydrogen-bond donors (Lipinski definition) is 1. The molecule has 1 fully saturated rings. The van der Waals surface area contributed by atoms with Crippen LogP contribution in [-0.2, 0) is 22.7 Å². The molecule has 1 N–H and O–H groups in total. The quantitative estimate of drug-likeness (QED) is 0.717. The summed E-state index contributed by atoms with van der Waals surface area (Å²) in [4.78, 5) is 41.0. The first kappa shape index (κ1) is 21.4. The molecule has 2 unspecified atom stereocenters. The minimum atomic E-state index is -0.616. The monoisotopic (exact) mass is 459 g/mol. The highest BCUT2D eigenvalue weighted by atomic mass is 35.5. The Morgan fingerprint density at radius 3 is 2.55 bits per heavy atom. The van der Waals surface area contributed by atoms with Gasteiger partial charge in [0.2, 0.25) is 11.8 Å². The van der Waals surface area contributed by atoms with Gasteiger partial charge in [-0.15, -0.1) is 11.8 Å². The molecule has 2 aromatic rings. The Hall–Kier alpha value is -2.84. The third-order valence-electron chi connectivity index (χ3n) is 5.19. The van der Waals surface area contributed by atoms with E-state index in [0.29, 0.717) is 5.02 Å². The molecule has 160 valence electrons. The molecule has 1 saturated heterocycles. The first-order valence-electron chi connectivity index (χ1n) is 9.63. The summed E-state index contributed by atoms with van der Waals surface area (Å²) in [7, 11) is 0. The van der Waals surface area contributed by atoms with Crippen LogP contribution in [0.5, 0.6) is 0 Å². The first-order chi connectivity index (χ1) is 15.0. The van der Waals surface area contributed by atoms with Gasteiger partial charge in [-0.2, -0.15) is 0 Å². The average molecular weight is 460 g/mol. The van der Waals surface area contributed by atoms with Crippen molar-refractivity contribution in [3.05, 3.63) is 82.0 Å². The van der Waals surface area contributed by atoms with Crippen LogP contribution in [0.25, 0.3) is 0 Å². The number of fused-ring (bicyclic) bond motifs is 1. The number of nitrogens with one attached hydrogen (secondary N) is 1. The molecule has 2 atom stereocenters. The Balaban J connectivity index is 1.49. The summed E-state index contributed by atoms with van der Waals surface area (Å²) in [5, 5.41) is 4.49. The van der Waals surface area contributed by atoms with Gasteiger partial charge in [-0.1, -0.05) is 54.1 Å². The van der Waals surface area contributed by atoms with Crippen LogP contribution in [0, 0.1) is 5.82 Å². The zero-order chi connectivity index (χ0) is 22.0. The fraction of sp³-hybridized carbons (Fsp3) is 0.227. The molecular weight excluding hydrogens is 441 g/mol. The van der Waals surface area contributed by atoms with Crippen LogP contribution in [-0.4, -0.2) is 45.5 Å². The van der Waals surface area contributed by atoms with Gasteiger partial charge in [0.25, 0.3) is 0 Å². The van der Waals surface area contributed by atoms with Crippen LogP contribution in [0.3, 0.4) is 0 Å². The Kier molecular flexibility index (Phi) is 6.29. The lowest BCUT2D eigenvalue weighted by molar-refractivity contribution is -0.133. The number of carbonyl (C=O) groups is 3. The lowest BCUT2D eigenvalue weighted by atomic mass is 10.1. The van der Waals surface area contributed by atoms with E-state index < -0.39 is 23.1 Å². The standard InChI is InChI=1S/C22H19ClFN3O3S/c23-16-7-3-1-5-14(16)11-25-19(28)13-26-18-9-10-31-20(18)21(29)27(22(26)30)12-15-6-2-4-8-17(15)24/h1-10,18,20H,11-13H2,(H,25,28). The van der Waals surface area contributed by atoms with Crippen LogP contribution >= 0.6 is 23.4 Å². The molecule has 0 spiro atoms. The number of benzene rings is 2. The number of rotatable bonds is 6. The number of urea groups is 1. The third-order valence-corrected chi connectivity index (χ3v) is 6.65. The molecule has 4 amide bonds. The van der Waals surface area contributed by atoms with Gasteiger partial charge in [0.05, 0.1) is 12.6 Å². The molecule has 9 heteroatoms. The van der Waals surface area contributed by atoms with Crippen molar-refractivity contribution in [1.29, 1.82) is 0 Å². The van der Waals surface area contributed by atoms with Crippen molar-refractivity contribution in [3.8, 4) is 0 Å². The van der Waals surface area contributed by atoms with E-state index in [1.54, 1.807) is 41.8 Å². The molecule has 4 rings (SSSR count). The SMILES string of the molecule is O=C(CN1C(=O)N(Cc2ccccc2F)C(=O)C2SC=CC21)NCc1ccccc1Cl. The van der Waals surface area contributed by atoms with E-state index in [1.165, 1.54) is 28.8 Å². The highest BCUT2D eigenvalue weighted by molar-refractivity contribution is 8.03. The van der Waals surface area contributed by atoms with Crippen molar-refractivity contribution in [2.45, 2.75) is 24.4 Å². The molecule has 2 heterocycles. The predicted molar refractivity (Wildman–Crippen MR) is 117 cm³/mol. The van der Waals surface area contributed by atoms with E-state index in [9.17, 15) is 18.8 Å². The minimum Gasteiger partial charge on any atom is -0.350 e. The van der Waals surface area contributed by atoms with Crippen LogP contribution < -0.4 is 5.32 Å². The number of hydrogen-bond acceptors (Lipinski definition) is 4. The molecule has 0 saturated carbocycles. The summed E-state index contributed by atoms with van der Waals surface area (Å²) in [6.07, 6.45) is 1.74. The molecule has 0 aromatic heterocycles. The lowest BCUT2D eigenvalue weighted by Gasteiger charge is -2.41. The molecule has 0 aliphatic carbocycles. The second-order valence-corrected chi connectivity index (χ2v) is 8.63. The van der Waals surface area contributed by atoms with Gasteiger partial charge in [-0.3, -0.25) is 14.5 Å². The second-order valence-electron chi connectivity index (χ2n) is 7.17. The van der Waals surface area contributed by atoms with Crippen molar-refractivity contribution >= 4 is 41.2 Å². The molecule has 0 radical (unpaired) electrons. The molecule has 0 bridgehead atoms. The number of thioether (sulfide) groups is 1. The maximum absolute atomic E-state index is 14.1. The number of halogens is 2. The lowest BCUT2D eigenvalue weighted by Crippen LogP contribution is -2.62. The highest BCUT2D eigenvalue weighted by Gasteiger charge is 2.47. The average Bonchev–Trinajstić information content (AvgIpc) is 3.25. The van der Waals surface area contributed by atoms with Gasteiger partial charge < -0.3 is 10.2 Å². The molecule has 2 aromatic carbocycles. The predicted octanol–water partition coefficient (Wildman–Crippen LogP) is 3.56. The first-order valence-corrected chi connectivity index (χ1v) is 11.0. The van der Waals surface area contributed by atoms with E-state index >= 15 is 0 Å². The Bertz CT molecular complexity index is 1060. The fourth-order valence-corrected chi connectivity index (χ4v) is 4.82. The molecule has 2 aliphatic heterocycles. The van der Waals surface area contributed by atoms with Gasteiger partial charge >= 0.3 is 6.03 Å². The van der Waals surface area contributed by atoms with E-state index in [2.05, 4.69) is 5.32 Å². The van der Waals surface area contributed by atoms with Crippen molar-refractivity contribution in [3.63, 3.8) is 0 Å². The van der Waals surface area contributed by atoms with Crippen LogP contribution in [0.4, 0.5) is 9.18 Å². The number of nitrogens with zero attached hydrogens (tertiary/aromatic N) is 2. The summed E-state index contributed by atoms with van der Waals surface area (Å²) in [6.45, 7) is -0.195. The highest BCUT2D eigenvalue weighted by Crippen LogP contribution is 2.35. The van der Waals surface area contributed by atoms with Gasteiger partial charge in [-0.25, -0.2) is 9.18 Å². The summed E-state index contributed by atoms with van der Waals surface area (Å²) >= 11 is 7.41. The topological polar surface area (TPSA) is 69.7 Å². The van der Waals surface area contributed by atoms with Crippen molar-refractivity contribution < 1.29 is 18.8 Å². The van der Waals surface area contributed by atoms with Gasteiger partial charge in [0, 0.05) is 17.1 Å². The zero-order valence-electron chi connectivity index (χ0n) is 16.3. The van der Waals surface area contributed by atoms with Gasteiger partial charge in [-0.05, 0) is 23.1 Å². The number of imide groups is 1. The fourth-order valence-electron chi connectivity index (χ4n) is 3.56. The van der Waals surface area contributed by atoms with E-state index in [4.69, 9.17) is 11.6 Å². The van der Waals surface area contributed by atoms with Gasteiger partial charge in [0.1, 0.15) is 17.6 Å². The summed E-state index contributed by atoms with van der Waals surface area (Å²) < 4.78 is 14.1. The second kappa shape index (κ2) is 9.11. The molecular formula is C22H19ClFN3O3S. The van der Waals surface area contributed by atoms with Crippen molar-refractivity contribution in [1.82, 2.24) is 15.1 Å². The van der Waals surface area contributed by atoms with Crippen LogP contribution in [0.1, 0.15) is 11.1 Å². The largest absolute Gasteiger partial charge is 0.350 e. The number of carbonyl (C=O) groups excluding carboxylic acids is 3. The molecule has 2 aliphatic rings. The molecule has 31 heavy (non-hydrogen) atoms. The zero-order valence-corrected chi connectivity index (χ0v) is 17.9. The minimum absolute atomic E-state index is 0.189. The van der Waals surface area contributed by atoms with Crippen molar-refractivity contribution in [2.24, 2.45) is 0 Å². The Labute approximate surface area is 188 Å². The molecule has 6 nitrogen and oxygen atoms in total. The van der Waals surface area contributed by atoms with Gasteiger partial charge in [0.15, 0.2) is 0 Å². The maximum atomic E-state index is 14.1. The third kappa shape index (κ3) is 4.45. The summed E-state index contributed by atoms with van der Waals surface area (Å²) in [5.74, 6) is -1.26. The Morgan fingerprint density at radius 2 is 1.81 bits per heavy atom. The Morgan fingerprint density at radius 1 is 1.10 bits per heavy atom. The summed E-state index contributed by atoms with van der Waals surface area (Å²) in [5.41, 5.74) is 0.995. The number of amides is 4. The van der Waals surface area contributed by atoms with E-state index in [-0.39, 0.29) is 37.0 Å². The normalized spacial score (nSPS) is 20.2. The van der Waals surface area contributed by atoms with E-state index in [1.807, 2.05) is 6.07 Å². The summed E-state index contributed by atoms with van der Waals surface area (Å²) in [6, 6.07) is 12.0.